The molecule has 3 nitrogen and oxygen atoms in total. The Morgan fingerprint density at radius 3 is 2.83 bits per heavy atom. The van der Waals surface area contributed by atoms with Crippen molar-refractivity contribution in [3.05, 3.63) is 0 Å². The van der Waals surface area contributed by atoms with Crippen LogP contribution >= 0.6 is 0 Å². The maximum atomic E-state index is 12.8. The molecule has 0 heterocycles. The van der Waals surface area contributed by atoms with E-state index in [1.807, 2.05) is 6.92 Å². The van der Waals surface area contributed by atoms with Gasteiger partial charge in [-0.15, -0.1) is 0 Å². The molecule has 0 aromatic heterocycles. The van der Waals surface area contributed by atoms with Gasteiger partial charge < -0.3 is 11.1 Å². The summed E-state index contributed by atoms with van der Waals surface area (Å²) in [7, 11) is 0. The average Bonchev–Trinajstić information content (AvgIpc) is 2.01. The fourth-order valence-corrected chi connectivity index (χ4v) is 0.843. The average molecular weight is 176 g/mol. The molecule has 0 fully saturated rings. The number of nitrogens with two attached hydrogens (primary N) is 1. The molecular formula is C8H17FN2O. The Morgan fingerprint density at radius 2 is 2.33 bits per heavy atom. The SMILES string of the molecule is CCCC(=O)NC(F)CCCN. The van der Waals surface area contributed by atoms with Crippen molar-refractivity contribution in [2.45, 2.75) is 38.9 Å². The van der Waals surface area contributed by atoms with Gasteiger partial charge in [0.15, 0.2) is 6.30 Å². The molecule has 0 aromatic rings. The van der Waals surface area contributed by atoms with Crippen LogP contribution in [-0.2, 0) is 4.79 Å². The lowest BCUT2D eigenvalue weighted by molar-refractivity contribution is -0.122. The minimum atomic E-state index is -1.23. The third-order valence-electron chi connectivity index (χ3n) is 1.46. The van der Waals surface area contributed by atoms with Crippen molar-refractivity contribution < 1.29 is 9.18 Å². The van der Waals surface area contributed by atoms with Gasteiger partial charge in [-0.2, -0.15) is 0 Å². The van der Waals surface area contributed by atoms with Gasteiger partial charge in [-0.3, -0.25) is 4.79 Å². The molecule has 0 aliphatic rings. The quantitative estimate of drug-likeness (QED) is 0.592. The van der Waals surface area contributed by atoms with E-state index in [1.165, 1.54) is 0 Å². The lowest BCUT2D eigenvalue weighted by Gasteiger charge is -2.08. The minimum Gasteiger partial charge on any atom is -0.330 e. The Kier molecular flexibility index (Phi) is 6.66. The molecular weight excluding hydrogens is 159 g/mol. The molecule has 1 amide bonds. The lowest BCUT2D eigenvalue weighted by atomic mass is 10.2. The number of hydrogen-bond donors (Lipinski definition) is 2. The van der Waals surface area contributed by atoms with Gasteiger partial charge in [0, 0.05) is 6.42 Å². The molecule has 0 radical (unpaired) electrons. The summed E-state index contributed by atoms with van der Waals surface area (Å²) in [4.78, 5) is 10.8. The van der Waals surface area contributed by atoms with E-state index in [2.05, 4.69) is 5.32 Å². The van der Waals surface area contributed by atoms with E-state index >= 15 is 0 Å². The van der Waals surface area contributed by atoms with Gasteiger partial charge in [-0.25, -0.2) is 4.39 Å². The number of alkyl halides is 1. The summed E-state index contributed by atoms with van der Waals surface area (Å²) in [5.41, 5.74) is 5.19. The van der Waals surface area contributed by atoms with Crippen LogP contribution in [-0.4, -0.2) is 18.7 Å². The molecule has 1 unspecified atom stereocenters. The van der Waals surface area contributed by atoms with Crippen molar-refractivity contribution in [2.24, 2.45) is 5.73 Å². The van der Waals surface area contributed by atoms with Gasteiger partial charge in [-0.05, 0) is 25.8 Å². The first kappa shape index (κ1) is 11.4. The summed E-state index contributed by atoms with van der Waals surface area (Å²) in [6, 6.07) is 0. The van der Waals surface area contributed by atoms with Gasteiger partial charge in [0.05, 0.1) is 0 Å². The van der Waals surface area contributed by atoms with Crippen molar-refractivity contribution >= 4 is 5.91 Å². The second-order valence-electron chi connectivity index (χ2n) is 2.72. The van der Waals surface area contributed by atoms with Crippen molar-refractivity contribution in [1.82, 2.24) is 5.32 Å². The van der Waals surface area contributed by atoms with Crippen LogP contribution < -0.4 is 11.1 Å². The summed E-state index contributed by atoms with van der Waals surface area (Å²) in [6.45, 7) is 2.34. The Hall–Kier alpha value is -0.640. The molecule has 72 valence electrons. The third kappa shape index (κ3) is 6.09. The highest BCUT2D eigenvalue weighted by molar-refractivity contribution is 5.75. The number of halogens is 1. The number of nitrogens with one attached hydrogen (secondary N) is 1. The zero-order valence-corrected chi connectivity index (χ0v) is 7.48. The van der Waals surface area contributed by atoms with Gasteiger partial charge in [0.1, 0.15) is 0 Å². The van der Waals surface area contributed by atoms with Crippen LogP contribution in [0.25, 0.3) is 0 Å². The van der Waals surface area contributed by atoms with Gasteiger partial charge in [0.25, 0.3) is 0 Å². The van der Waals surface area contributed by atoms with Crippen LogP contribution in [0.1, 0.15) is 32.6 Å². The zero-order chi connectivity index (χ0) is 9.40. The van der Waals surface area contributed by atoms with E-state index in [1.54, 1.807) is 0 Å². The van der Waals surface area contributed by atoms with Crippen LogP contribution in [0.3, 0.4) is 0 Å². The fraction of sp³-hybridized carbons (Fsp3) is 0.875. The molecule has 3 N–H and O–H groups in total. The highest BCUT2D eigenvalue weighted by atomic mass is 19.1. The summed E-state index contributed by atoms with van der Waals surface area (Å²) in [6.07, 6.45) is 0.825. The number of carbonyl (C=O) groups is 1. The van der Waals surface area contributed by atoms with Crippen LogP contribution in [0.4, 0.5) is 4.39 Å². The Balaban J connectivity index is 3.40. The van der Waals surface area contributed by atoms with Crippen LogP contribution in [0.2, 0.25) is 0 Å². The Bertz CT molecular complexity index is 130. The van der Waals surface area contributed by atoms with Crippen LogP contribution in [0.15, 0.2) is 0 Å². The van der Waals surface area contributed by atoms with Crippen molar-refractivity contribution in [2.75, 3.05) is 6.54 Å². The molecule has 4 heteroatoms. The molecule has 1 atom stereocenters. The first-order valence-corrected chi connectivity index (χ1v) is 4.34. The summed E-state index contributed by atoms with van der Waals surface area (Å²) in [5.74, 6) is -0.220. The van der Waals surface area contributed by atoms with E-state index in [9.17, 15) is 9.18 Å². The van der Waals surface area contributed by atoms with E-state index < -0.39 is 6.30 Å². The summed E-state index contributed by atoms with van der Waals surface area (Å²) >= 11 is 0. The molecule has 12 heavy (non-hydrogen) atoms. The zero-order valence-electron chi connectivity index (χ0n) is 7.48. The molecule has 0 bridgehead atoms. The smallest absolute Gasteiger partial charge is 0.222 e. The normalized spacial score (nSPS) is 12.6. The second-order valence-corrected chi connectivity index (χ2v) is 2.72. The third-order valence-corrected chi connectivity index (χ3v) is 1.46. The largest absolute Gasteiger partial charge is 0.330 e. The van der Waals surface area contributed by atoms with E-state index in [-0.39, 0.29) is 5.91 Å². The number of carbonyl (C=O) groups excluding carboxylic acids is 1. The minimum absolute atomic E-state index is 0.220. The number of hydrogen-bond acceptors (Lipinski definition) is 2. The number of amides is 1. The van der Waals surface area contributed by atoms with E-state index in [4.69, 9.17) is 5.73 Å². The van der Waals surface area contributed by atoms with E-state index in [0.717, 1.165) is 6.42 Å². The Morgan fingerprint density at radius 1 is 1.67 bits per heavy atom. The molecule has 0 saturated carbocycles. The topological polar surface area (TPSA) is 55.1 Å². The second kappa shape index (κ2) is 7.03. The first-order chi connectivity index (χ1) is 5.70. The molecule has 0 aromatic carbocycles. The summed E-state index contributed by atoms with van der Waals surface area (Å²) in [5, 5.41) is 2.25. The first-order valence-electron chi connectivity index (χ1n) is 4.34. The van der Waals surface area contributed by atoms with Crippen molar-refractivity contribution in [3.8, 4) is 0 Å². The van der Waals surface area contributed by atoms with E-state index in [0.29, 0.717) is 25.8 Å². The Labute approximate surface area is 72.5 Å². The molecule has 0 aliphatic carbocycles. The summed E-state index contributed by atoms with van der Waals surface area (Å²) < 4.78 is 12.8. The maximum Gasteiger partial charge on any atom is 0.222 e. The molecule has 0 saturated heterocycles. The van der Waals surface area contributed by atoms with Gasteiger partial charge >= 0.3 is 0 Å². The molecule has 0 aliphatic heterocycles. The van der Waals surface area contributed by atoms with Crippen molar-refractivity contribution in [1.29, 1.82) is 0 Å². The van der Waals surface area contributed by atoms with Crippen LogP contribution in [0.5, 0.6) is 0 Å². The van der Waals surface area contributed by atoms with Crippen LogP contribution in [0, 0.1) is 0 Å². The maximum absolute atomic E-state index is 12.8. The number of rotatable bonds is 6. The predicted octanol–water partition coefficient (Wildman–Crippen LogP) is 0.937. The van der Waals surface area contributed by atoms with Gasteiger partial charge in [-0.1, -0.05) is 6.92 Å². The van der Waals surface area contributed by atoms with Crippen molar-refractivity contribution in [3.63, 3.8) is 0 Å². The fourth-order valence-electron chi connectivity index (χ4n) is 0.843. The highest BCUT2D eigenvalue weighted by Gasteiger charge is 2.08. The highest BCUT2D eigenvalue weighted by Crippen LogP contribution is 1.98. The monoisotopic (exact) mass is 176 g/mol. The lowest BCUT2D eigenvalue weighted by Crippen LogP contribution is -2.31. The predicted molar refractivity (Wildman–Crippen MR) is 46.2 cm³/mol. The van der Waals surface area contributed by atoms with Gasteiger partial charge in [0.2, 0.25) is 5.91 Å². The molecule has 0 spiro atoms. The standard InChI is InChI=1S/C8H17FN2O/c1-2-4-8(12)11-7(9)5-3-6-10/h7H,2-6,10H2,1H3,(H,11,12). The molecule has 0 rings (SSSR count).